The molecule has 7 heteroatoms. The van der Waals surface area contributed by atoms with Crippen molar-refractivity contribution in [1.82, 2.24) is 0 Å². The second-order valence-corrected chi connectivity index (χ2v) is 8.08. The summed E-state index contributed by atoms with van der Waals surface area (Å²) >= 11 is 0. The molecule has 0 bridgehead atoms. The van der Waals surface area contributed by atoms with Crippen LogP contribution in [0, 0.1) is 11.8 Å². The van der Waals surface area contributed by atoms with E-state index in [0.29, 0.717) is 19.3 Å². The summed E-state index contributed by atoms with van der Waals surface area (Å²) in [6, 6.07) is 0. The molecule has 0 aromatic rings. The van der Waals surface area contributed by atoms with Crippen LogP contribution < -0.4 is 0 Å². The highest BCUT2D eigenvalue weighted by atomic mass is 32.2. The van der Waals surface area contributed by atoms with Crippen molar-refractivity contribution < 1.29 is 26.7 Å². The van der Waals surface area contributed by atoms with Crippen LogP contribution in [0.15, 0.2) is 0 Å². The van der Waals surface area contributed by atoms with Gasteiger partial charge in [-0.3, -0.25) is 0 Å². The zero-order valence-corrected chi connectivity index (χ0v) is 12.5. The van der Waals surface area contributed by atoms with Crippen LogP contribution in [-0.2, 0) is 9.84 Å². The average molecular weight is 316 g/mol. The quantitative estimate of drug-likeness (QED) is 0.820. The summed E-state index contributed by atoms with van der Waals surface area (Å²) in [6.07, 6.45) is -3.29. The van der Waals surface area contributed by atoms with E-state index in [-0.39, 0.29) is 36.7 Å². The van der Waals surface area contributed by atoms with Gasteiger partial charge in [-0.05, 0) is 38.0 Å². The van der Waals surface area contributed by atoms with Gasteiger partial charge in [0.2, 0.25) is 0 Å². The molecule has 0 aromatic heterocycles. The van der Waals surface area contributed by atoms with Crippen LogP contribution in [0.4, 0.5) is 13.2 Å². The molecule has 1 aliphatic carbocycles. The molecule has 0 spiro atoms. The molecule has 1 saturated carbocycles. The lowest BCUT2D eigenvalue weighted by molar-refractivity contribution is -0.188. The molecule has 0 saturated heterocycles. The number of sulfone groups is 1. The first kappa shape index (κ1) is 17.8. The first-order valence-corrected chi connectivity index (χ1v) is 8.93. The Labute approximate surface area is 118 Å². The van der Waals surface area contributed by atoms with Crippen LogP contribution in [0.2, 0.25) is 0 Å². The van der Waals surface area contributed by atoms with Crippen molar-refractivity contribution in [3.63, 3.8) is 0 Å². The van der Waals surface area contributed by atoms with Gasteiger partial charge in [-0.15, -0.1) is 0 Å². The fourth-order valence-corrected chi connectivity index (χ4v) is 3.66. The van der Waals surface area contributed by atoms with Gasteiger partial charge in [-0.25, -0.2) is 8.42 Å². The van der Waals surface area contributed by atoms with Gasteiger partial charge >= 0.3 is 6.18 Å². The lowest BCUT2D eigenvalue weighted by Gasteiger charge is -2.33. The molecule has 1 aliphatic rings. The van der Waals surface area contributed by atoms with Gasteiger partial charge in [0, 0.05) is 5.75 Å². The van der Waals surface area contributed by atoms with Gasteiger partial charge in [0.1, 0.15) is 9.84 Å². The Morgan fingerprint density at radius 1 is 1.30 bits per heavy atom. The summed E-state index contributed by atoms with van der Waals surface area (Å²) in [6.45, 7) is 1.56. The molecule has 3 unspecified atom stereocenters. The second kappa shape index (κ2) is 7.11. The molecule has 3 atom stereocenters. The van der Waals surface area contributed by atoms with E-state index in [4.69, 9.17) is 0 Å². The molecular weight excluding hydrogens is 293 g/mol. The highest BCUT2D eigenvalue weighted by Gasteiger charge is 2.43. The number of halogens is 3. The van der Waals surface area contributed by atoms with Gasteiger partial charge in [-0.1, -0.05) is 13.3 Å². The smallest absolute Gasteiger partial charge is 0.391 e. The zero-order valence-electron chi connectivity index (χ0n) is 11.7. The summed E-state index contributed by atoms with van der Waals surface area (Å²) in [5.74, 6) is -1.63. The molecule has 0 radical (unpaired) electrons. The molecule has 3 nitrogen and oxygen atoms in total. The van der Waals surface area contributed by atoms with Crippen LogP contribution >= 0.6 is 0 Å². The minimum Gasteiger partial charge on any atom is -0.393 e. The molecule has 0 heterocycles. The predicted octanol–water partition coefficient (Wildman–Crippen LogP) is 2.93. The molecule has 0 amide bonds. The Bertz CT molecular complexity index is 392. The van der Waals surface area contributed by atoms with E-state index >= 15 is 0 Å². The number of rotatable bonds is 6. The molecule has 0 aliphatic heterocycles. The van der Waals surface area contributed by atoms with E-state index in [1.807, 2.05) is 0 Å². The third-order valence-corrected chi connectivity index (χ3v) is 5.91. The summed E-state index contributed by atoms with van der Waals surface area (Å²) in [4.78, 5) is 0. The fourth-order valence-electron chi connectivity index (χ4n) is 2.77. The number of hydrogen-bond acceptors (Lipinski definition) is 3. The van der Waals surface area contributed by atoms with Gasteiger partial charge in [0.05, 0.1) is 17.8 Å². The summed E-state index contributed by atoms with van der Waals surface area (Å²) in [7, 11) is -3.07. The van der Waals surface area contributed by atoms with Gasteiger partial charge in [-0.2, -0.15) is 13.2 Å². The Kier molecular flexibility index (Phi) is 6.31. The van der Waals surface area contributed by atoms with Crippen molar-refractivity contribution in [3.05, 3.63) is 0 Å². The van der Waals surface area contributed by atoms with Gasteiger partial charge in [0.15, 0.2) is 0 Å². The topological polar surface area (TPSA) is 54.4 Å². The van der Waals surface area contributed by atoms with Crippen LogP contribution in [0.25, 0.3) is 0 Å². The minimum atomic E-state index is -4.19. The van der Waals surface area contributed by atoms with Crippen molar-refractivity contribution >= 4 is 9.84 Å². The monoisotopic (exact) mass is 316 g/mol. The normalized spacial score (nSPS) is 26.4. The Morgan fingerprint density at radius 3 is 2.50 bits per heavy atom. The molecule has 1 rings (SSSR count). The highest BCUT2D eigenvalue weighted by molar-refractivity contribution is 7.91. The number of aliphatic hydroxyl groups excluding tert-OH is 1. The van der Waals surface area contributed by atoms with E-state index in [1.54, 1.807) is 6.92 Å². The Morgan fingerprint density at radius 2 is 1.95 bits per heavy atom. The molecule has 20 heavy (non-hydrogen) atoms. The van der Waals surface area contributed by atoms with Crippen molar-refractivity contribution in [3.8, 4) is 0 Å². The first-order chi connectivity index (χ1) is 9.15. The molecule has 0 aromatic carbocycles. The lowest BCUT2D eigenvalue weighted by Crippen LogP contribution is -2.33. The summed E-state index contributed by atoms with van der Waals surface area (Å²) in [5.41, 5.74) is 0. The van der Waals surface area contributed by atoms with E-state index in [0.717, 1.165) is 0 Å². The fraction of sp³-hybridized carbons (Fsp3) is 1.00. The second-order valence-electron chi connectivity index (χ2n) is 5.61. The summed E-state index contributed by atoms with van der Waals surface area (Å²) < 4.78 is 60.6. The zero-order chi connectivity index (χ0) is 15.4. The third-order valence-electron chi connectivity index (χ3n) is 4.12. The van der Waals surface area contributed by atoms with E-state index < -0.39 is 28.0 Å². The van der Waals surface area contributed by atoms with Crippen LogP contribution in [0.3, 0.4) is 0 Å². The minimum absolute atomic E-state index is 0.00399. The molecule has 120 valence electrons. The molecule has 1 fully saturated rings. The van der Waals surface area contributed by atoms with E-state index in [1.165, 1.54) is 0 Å². The van der Waals surface area contributed by atoms with E-state index in [9.17, 15) is 26.7 Å². The number of alkyl halides is 3. The highest BCUT2D eigenvalue weighted by Crippen LogP contribution is 2.41. The average Bonchev–Trinajstić information content (AvgIpc) is 2.37. The van der Waals surface area contributed by atoms with E-state index in [2.05, 4.69) is 0 Å². The Hall–Kier alpha value is -0.300. The van der Waals surface area contributed by atoms with Crippen LogP contribution in [0.1, 0.15) is 45.4 Å². The van der Waals surface area contributed by atoms with Gasteiger partial charge in [0.25, 0.3) is 0 Å². The molecule has 1 N–H and O–H groups in total. The van der Waals surface area contributed by atoms with Crippen molar-refractivity contribution in [2.75, 3.05) is 11.5 Å². The number of hydrogen-bond donors (Lipinski definition) is 1. The maximum absolute atomic E-state index is 12.7. The van der Waals surface area contributed by atoms with Crippen molar-refractivity contribution in [2.45, 2.75) is 57.7 Å². The summed E-state index contributed by atoms with van der Waals surface area (Å²) in [5, 5.41) is 9.96. The lowest BCUT2D eigenvalue weighted by atomic mass is 9.77. The SMILES string of the molecule is CCS(=O)(=O)CCCC(O)C1CCCC(C(F)(F)F)C1. The van der Waals surface area contributed by atoms with Gasteiger partial charge < -0.3 is 5.11 Å². The van der Waals surface area contributed by atoms with Crippen molar-refractivity contribution in [1.29, 1.82) is 0 Å². The van der Waals surface area contributed by atoms with Crippen LogP contribution in [-0.4, -0.2) is 37.3 Å². The predicted molar refractivity (Wildman–Crippen MR) is 71.1 cm³/mol. The Balaban J connectivity index is 2.41. The molecular formula is C13H23F3O3S. The van der Waals surface area contributed by atoms with Crippen LogP contribution in [0.5, 0.6) is 0 Å². The number of aliphatic hydroxyl groups is 1. The maximum atomic E-state index is 12.7. The van der Waals surface area contributed by atoms with Crippen molar-refractivity contribution in [2.24, 2.45) is 11.8 Å². The first-order valence-electron chi connectivity index (χ1n) is 7.11. The maximum Gasteiger partial charge on any atom is 0.391 e. The third kappa shape index (κ3) is 5.60. The largest absolute Gasteiger partial charge is 0.393 e. The standard InChI is InChI=1S/C13H23F3O3S/c1-2-20(18,19)8-4-7-12(17)10-5-3-6-11(9-10)13(14,15)16/h10-12,17H,2-9H2,1H3.